The number of rotatable bonds is 4. The summed E-state index contributed by atoms with van der Waals surface area (Å²) in [4.78, 5) is 12.0. The second kappa shape index (κ2) is 5.38. The summed E-state index contributed by atoms with van der Waals surface area (Å²) in [6, 6.07) is 1.79. The van der Waals surface area contributed by atoms with Crippen LogP contribution in [0.5, 0.6) is 0 Å². The molecule has 2 aromatic heterocycles. The Morgan fingerprint density at radius 1 is 1.50 bits per heavy atom. The van der Waals surface area contributed by atoms with Crippen molar-refractivity contribution in [1.29, 1.82) is 0 Å². The predicted molar refractivity (Wildman–Crippen MR) is 76.9 cm³/mol. The fourth-order valence-electron chi connectivity index (χ4n) is 2.12. The molecule has 20 heavy (non-hydrogen) atoms. The number of nitrogens with zero attached hydrogens (tertiary/aromatic N) is 1. The first-order valence-electron chi connectivity index (χ1n) is 6.30. The Balaban J connectivity index is 2.08. The van der Waals surface area contributed by atoms with Gasteiger partial charge in [-0.3, -0.25) is 4.79 Å². The van der Waals surface area contributed by atoms with Gasteiger partial charge in [-0.1, -0.05) is 0 Å². The van der Waals surface area contributed by atoms with Gasteiger partial charge in [0.1, 0.15) is 17.1 Å². The van der Waals surface area contributed by atoms with Crippen LogP contribution >= 0.6 is 11.5 Å². The largest absolute Gasteiger partial charge is 0.466 e. The molecule has 2 rings (SSSR count). The fourth-order valence-corrected chi connectivity index (χ4v) is 2.81. The average molecular weight is 294 g/mol. The number of hydrogen-bond donors (Lipinski definition) is 2. The van der Waals surface area contributed by atoms with Crippen LogP contribution in [0.25, 0.3) is 0 Å². The summed E-state index contributed by atoms with van der Waals surface area (Å²) >= 11 is 1.24. The standard InChI is InChI=1S/C14H18N2O3S/c1-8-5-12(10(3)19-8)14(4,18)7-15-13(17)11-6-20-16-9(11)2/h5-6,18H,7H2,1-4H3,(H,15,17). The normalized spacial score (nSPS) is 14.1. The van der Waals surface area contributed by atoms with Crippen LogP contribution in [0.3, 0.4) is 0 Å². The number of carbonyl (C=O) groups excluding carboxylic acids is 1. The zero-order valence-electron chi connectivity index (χ0n) is 12.0. The number of aryl methyl sites for hydroxylation is 3. The number of aliphatic hydroxyl groups is 1. The van der Waals surface area contributed by atoms with E-state index in [1.807, 2.05) is 6.92 Å². The van der Waals surface area contributed by atoms with Gasteiger partial charge in [-0.25, -0.2) is 0 Å². The van der Waals surface area contributed by atoms with Gasteiger partial charge in [0.05, 0.1) is 17.8 Å². The van der Waals surface area contributed by atoms with Gasteiger partial charge in [0, 0.05) is 10.9 Å². The van der Waals surface area contributed by atoms with Crippen molar-refractivity contribution < 1.29 is 14.3 Å². The molecule has 0 aliphatic heterocycles. The number of nitrogens with one attached hydrogen (secondary N) is 1. The molecule has 0 bridgehead atoms. The smallest absolute Gasteiger partial charge is 0.254 e. The van der Waals surface area contributed by atoms with E-state index in [0.717, 1.165) is 5.76 Å². The van der Waals surface area contributed by atoms with Crippen molar-refractivity contribution in [3.63, 3.8) is 0 Å². The number of hydrogen-bond acceptors (Lipinski definition) is 5. The average Bonchev–Trinajstić information content (AvgIpc) is 2.92. The van der Waals surface area contributed by atoms with E-state index in [0.29, 0.717) is 22.6 Å². The van der Waals surface area contributed by atoms with Crippen molar-refractivity contribution in [2.24, 2.45) is 0 Å². The van der Waals surface area contributed by atoms with Gasteiger partial charge in [-0.15, -0.1) is 0 Å². The Bertz CT molecular complexity index is 628. The van der Waals surface area contributed by atoms with Gasteiger partial charge in [-0.2, -0.15) is 4.37 Å². The zero-order chi connectivity index (χ0) is 14.9. The zero-order valence-corrected chi connectivity index (χ0v) is 12.8. The highest BCUT2D eigenvalue weighted by Gasteiger charge is 2.28. The molecule has 0 saturated heterocycles. The van der Waals surface area contributed by atoms with E-state index in [2.05, 4.69) is 9.69 Å². The molecular weight excluding hydrogens is 276 g/mol. The first kappa shape index (κ1) is 14.7. The lowest BCUT2D eigenvalue weighted by Crippen LogP contribution is -2.38. The second-order valence-corrected chi connectivity index (χ2v) is 5.73. The molecule has 0 aliphatic carbocycles. The Hall–Kier alpha value is -1.66. The number of carbonyl (C=O) groups is 1. The monoisotopic (exact) mass is 294 g/mol. The minimum Gasteiger partial charge on any atom is -0.466 e. The summed E-state index contributed by atoms with van der Waals surface area (Å²) in [5, 5.41) is 14.9. The topological polar surface area (TPSA) is 75.4 Å². The Morgan fingerprint density at radius 2 is 2.20 bits per heavy atom. The lowest BCUT2D eigenvalue weighted by atomic mass is 9.96. The summed E-state index contributed by atoms with van der Waals surface area (Å²) in [5.74, 6) is 1.17. The molecule has 2 N–H and O–H groups in total. The third-order valence-corrected chi connectivity index (χ3v) is 3.93. The van der Waals surface area contributed by atoms with Crippen LogP contribution in [0.15, 0.2) is 15.9 Å². The van der Waals surface area contributed by atoms with Crippen LogP contribution in [0, 0.1) is 20.8 Å². The van der Waals surface area contributed by atoms with Gasteiger partial charge >= 0.3 is 0 Å². The minimum atomic E-state index is -1.17. The number of furan rings is 1. The lowest BCUT2D eigenvalue weighted by Gasteiger charge is -2.23. The molecule has 2 heterocycles. The van der Waals surface area contributed by atoms with E-state index >= 15 is 0 Å². The summed E-state index contributed by atoms with van der Waals surface area (Å²) < 4.78 is 9.48. The SMILES string of the molecule is Cc1cc(C(C)(O)CNC(=O)c2csnc2C)c(C)o1. The number of aromatic nitrogens is 1. The quantitative estimate of drug-likeness (QED) is 0.907. The maximum absolute atomic E-state index is 12.0. The number of amides is 1. The molecule has 5 nitrogen and oxygen atoms in total. The molecule has 0 radical (unpaired) electrons. The van der Waals surface area contributed by atoms with Crippen LogP contribution in [-0.4, -0.2) is 21.9 Å². The van der Waals surface area contributed by atoms with Crippen molar-refractivity contribution in [2.75, 3.05) is 6.54 Å². The summed E-state index contributed by atoms with van der Waals surface area (Å²) in [6.07, 6.45) is 0. The van der Waals surface area contributed by atoms with E-state index in [4.69, 9.17) is 4.42 Å². The fraction of sp³-hybridized carbons (Fsp3) is 0.429. The third-order valence-electron chi connectivity index (χ3n) is 3.21. The molecule has 1 amide bonds. The van der Waals surface area contributed by atoms with Crippen molar-refractivity contribution in [3.8, 4) is 0 Å². The van der Waals surface area contributed by atoms with Crippen molar-refractivity contribution in [1.82, 2.24) is 9.69 Å². The molecule has 1 atom stereocenters. The van der Waals surface area contributed by atoms with E-state index in [9.17, 15) is 9.90 Å². The van der Waals surface area contributed by atoms with Crippen LogP contribution < -0.4 is 5.32 Å². The second-order valence-electron chi connectivity index (χ2n) is 5.10. The Kier molecular flexibility index (Phi) is 3.96. The molecule has 0 aromatic carbocycles. The maximum atomic E-state index is 12.0. The molecule has 0 aliphatic rings. The van der Waals surface area contributed by atoms with Gasteiger partial charge < -0.3 is 14.8 Å². The van der Waals surface area contributed by atoms with Crippen LogP contribution in [0.4, 0.5) is 0 Å². The van der Waals surface area contributed by atoms with Crippen LogP contribution in [-0.2, 0) is 5.60 Å². The highest BCUT2D eigenvalue weighted by molar-refractivity contribution is 7.03. The minimum absolute atomic E-state index is 0.112. The van der Waals surface area contributed by atoms with E-state index in [1.54, 1.807) is 32.2 Å². The predicted octanol–water partition coefficient (Wildman–Crippen LogP) is 2.30. The maximum Gasteiger partial charge on any atom is 0.254 e. The van der Waals surface area contributed by atoms with Crippen LogP contribution in [0.1, 0.15) is 40.1 Å². The molecule has 0 saturated carbocycles. The highest BCUT2D eigenvalue weighted by Crippen LogP contribution is 2.26. The van der Waals surface area contributed by atoms with Crippen molar-refractivity contribution >= 4 is 17.4 Å². The Labute approximate surface area is 121 Å². The Morgan fingerprint density at radius 3 is 2.70 bits per heavy atom. The van der Waals surface area contributed by atoms with E-state index < -0.39 is 5.60 Å². The van der Waals surface area contributed by atoms with Crippen molar-refractivity contribution in [3.05, 3.63) is 39.8 Å². The molecule has 1 unspecified atom stereocenters. The molecule has 2 aromatic rings. The van der Waals surface area contributed by atoms with Gasteiger partial charge in [0.25, 0.3) is 5.91 Å². The van der Waals surface area contributed by atoms with Crippen LogP contribution in [0.2, 0.25) is 0 Å². The van der Waals surface area contributed by atoms with Gasteiger partial charge in [0.15, 0.2) is 0 Å². The summed E-state index contributed by atoms with van der Waals surface area (Å²) in [7, 11) is 0. The molecular formula is C14H18N2O3S. The molecule has 6 heteroatoms. The highest BCUT2D eigenvalue weighted by atomic mass is 32.1. The summed E-state index contributed by atoms with van der Waals surface area (Å²) in [5.41, 5.74) is 0.762. The lowest BCUT2D eigenvalue weighted by molar-refractivity contribution is 0.0514. The van der Waals surface area contributed by atoms with Gasteiger partial charge in [-0.05, 0) is 45.3 Å². The third kappa shape index (κ3) is 2.91. The van der Waals surface area contributed by atoms with Gasteiger partial charge in [0.2, 0.25) is 0 Å². The molecule has 0 fully saturated rings. The first-order valence-corrected chi connectivity index (χ1v) is 7.14. The van der Waals surface area contributed by atoms with Crippen molar-refractivity contribution in [2.45, 2.75) is 33.3 Å². The molecule has 108 valence electrons. The first-order chi connectivity index (χ1) is 9.31. The molecule has 0 spiro atoms. The van der Waals surface area contributed by atoms with E-state index in [-0.39, 0.29) is 12.5 Å². The van der Waals surface area contributed by atoms with E-state index in [1.165, 1.54) is 11.5 Å². The summed E-state index contributed by atoms with van der Waals surface area (Å²) in [6.45, 7) is 7.18.